The van der Waals surface area contributed by atoms with Crippen LogP contribution in [-0.2, 0) is 0 Å². The smallest absolute Gasteiger partial charge is 0.291 e. The Kier molecular flexibility index (Phi) is 3.99. The van der Waals surface area contributed by atoms with Gasteiger partial charge in [0.1, 0.15) is 5.82 Å². The Hall–Kier alpha value is -1.39. The highest BCUT2D eigenvalue weighted by molar-refractivity contribution is 5.90. The third-order valence-corrected chi connectivity index (χ3v) is 3.52. The van der Waals surface area contributed by atoms with Crippen LogP contribution in [0.5, 0.6) is 0 Å². The third kappa shape index (κ3) is 3.09. The second-order valence-corrected chi connectivity index (χ2v) is 5.64. The zero-order valence-corrected chi connectivity index (χ0v) is 11.4. The van der Waals surface area contributed by atoms with Crippen LogP contribution < -0.4 is 5.32 Å². The normalized spacial score (nSPS) is 24.2. The first-order valence-electron chi connectivity index (χ1n) is 6.79. The third-order valence-electron chi connectivity index (χ3n) is 3.52. The molecule has 5 nitrogen and oxygen atoms in total. The van der Waals surface area contributed by atoms with Gasteiger partial charge in [-0.25, -0.2) is 4.98 Å². The van der Waals surface area contributed by atoms with Crippen LogP contribution in [0.25, 0.3) is 0 Å². The number of carbonyl (C=O) groups is 1. The van der Waals surface area contributed by atoms with E-state index in [1.165, 1.54) is 12.8 Å². The van der Waals surface area contributed by atoms with E-state index in [0.717, 1.165) is 18.7 Å². The standard InChI is InChI=1S/C13H22N4O/c1-8(2)11-15-12(17-16-11)13(18)14-10-6-4-5-9(3)7-10/h8-10H,4-7H2,1-3H3,(H,14,18)(H,15,16,17). The monoisotopic (exact) mass is 250 g/mol. The first-order valence-corrected chi connectivity index (χ1v) is 6.79. The molecule has 0 radical (unpaired) electrons. The molecule has 1 aliphatic carbocycles. The van der Waals surface area contributed by atoms with Gasteiger partial charge in [-0.2, -0.15) is 0 Å². The number of aromatic nitrogens is 3. The van der Waals surface area contributed by atoms with Crippen molar-refractivity contribution in [1.29, 1.82) is 0 Å². The maximum atomic E-state index is 12.0. The van der Waals surface area contributed by atoms with Crippen LogP contribution in [0.2, 0.25) is 0 Å². The van der Waals surface area contributed by atoms with Gasteiger partial charge in [-0.05, 0) is 18.8 Å². The summed E-state index contributed by atoms with van der Waals surface area (Å²) in [6.45, 7) is 6.28. The fraction of sp³-hybridized carbons (Fsp3) is 0.769. The second-order valence-electron chi connectivity index (χ2n) is 5.64. The first-order chi connectivity index (χ1) is 8.56. The molecule has 18 heavy (non-hydrogen) atoms. The molecule has 2 unspecified atom stereocenters. The summed E-state index contributed by atoms with van der Waals surface area (Å²) in [5, 5.41) is 9.82. The number of hydrogen-bond donors (Lipinski definition) is 2. The average Bonchev–Trinajstić information content (AvgIpc) is 2.78. The van der Waals surface area contributed by atoms with Crippen molar-refractivity contribution in [3.05, 3.63) is 11.6 Å². The zero-order valence-electron chi connectivity index (χ0n) is 11.4. The van der Waals surface area contributed by atoms with Gasteiger partial charge < -0.3 is 5.32 Å². The lowest BCUT2D eigenvalue weighted by Gasteiger charge is -2.26. The molecular formula is C13H22N4O. The van der Waals surface area contributed by atoms with E-state index >= 15 is 0 Å². The molecule has 2 rings (SSSR count). The maximum absolute atomic E-state index is 12.0. The first kappa shape index (κ1) is 13.1. The van der Waals surface area contributed by atoms with Crippen LogP contribution in [0.1, 0.15) is 68.8 Å². The minimum absolute atomic E-state index is 0.155. The largest absolute Gasteiger partial charge is 0.347 e. The van der Waals surface area contributed by atoms with E-state index in [0.29, 0.717) is 5.92 Å². The molecule has 0 aliphatic heterocycles. The number of aromatic amines is 1. The molecule has 1 fully saturated rings. The number of rotatable bonds is 3. The van der Waals surface area contributed by atoms with Gasteiger partial charge in [0.2, 0.25) is 5.82 Å². The number of amides is 1. The Morgan fingerprint density at radius 1 is 1.44 bits per heavy atom. The maximum Gasteiger partial charge on any atom is 0.291 e. The predicted octanol–water partition coefficient (Wildman–Crippen LogP) is 2.24. The summed E-state index contributed by atoms with van der Waals surface area (Å²) in [6, 6.07) is 0.280. The van der Waals surface area contributed by atoms with Gasteiger partial charge in [-0.3, -0.25) is 9.89 Å². The molecule has 1 heterocycles. The van der Waals surface area contributed by atoms with Gasteiger partial charge in [-0.1, -0.05) is 33.6 Å². The summed E-state index contributed by atoms with van der Waals surface area (Å²) in [5.74, 6) is 1.82. The van der Waals surface area contributed by atoms with Gasteiger partial charge in [0.15, 0.2) is 0 Å². The Labute approximate surface area is 108 Å². The molecule has 2 atom stereocenters. The fourth-order valence-corrected chi connectivity index (χ4v) is 2.45. The molecule has 0 spiro atoms. The molecule has 2 N–H and O–H groups in total. The Morgan fingerprint density at radius 2 is 2.22 bits per heavy atom. The van der Waals surface area contributed by atoms with Crippen LogP contribution in [0, 0.1) is 5.92 Å². The summed E-state index contributed by atoms with van der Waals surface area (Å²) in [6.07, 6.45) is 4.59. The Morgan fingerprint density at radius 3 is 2.83 bits per heavy atom. The van der Waals surface area contributed by atoms with Crippen molar-refractivity contribution in [2.75, 3.05) is 0 Å². The highest BCUT2D eigenvalue weighted by Gasteiger charge is 2.22. The van der Waals surface area contributed by atoms with Crippen LogP contribution >= 0.6 is 0 Å². The van der Waals surface area contributed by atoms with E-state index in [1.54, 1.807) is 0 Å². The molecule has 0 bridgehead atoms. The highest BCUT2D eigenvalue weighted by atomic mass is 16.2. The molecule has 1 aromatic heterocycles. The number of hydrogen-bond acceptors (Lipinski definition) is 3. The van der Waals surface area contributed by atoms with E-state index in [4.69, 9.17) is 0 Å². The summed E-state index contributed by atoms with van der Waals surface area (Å²) in [4.78, 5) is 16.2. The summed E-state index contributed by atoms with van der Waals surface area (Å²) in [5.41, 5.74) is 0. The lowest BCUT2D eigenvalue weighted by molar-refractivity contribution is 0.0911. The minimum Gasteiger partial charge on any atom is -0.347 e. The summed E-state index contributed by atoms with van der Waals surface area (Å²) in [7, 11) is 0. The van der Waals surface area contributed by atoms with Crippen molar-refractivity contribution in [2.24, 2.45) is 5.92 Å². The Bertz CT molecular complexity index is 413. The van der Waals surface area contributed by atoms with Crippen molar-refractivity contribution in [3.8, 4) is 0 Å². The molecule has 1 saturated carbocycles. The number of carbonyl (C=O) groups excluding carboxylic acids is 1. The SMILES string of the molecule is CC1CCCC(NC(=O)c2n[nH]c(C(C)C)n2)C1. The average molecular weight is 250 g/mol. The molecular weight excluding hydrogens is 228 g/mol. The molecule has 5 heteroatoms. The lowest BCUT2D eigenvalue weighted by atomic mass is 9.87. The van der Waals surface area contributed by atoms with Crippen molar-refractivity contribution < 1.29 is 4.79 Å². The van der Waals surface area contributed by atoms with E-state index in [1.807, 2.05) is 13.8 Å². The van der Waals surface area contributed by atoms with Crippen LogP contribution in [-0.4, -0.2) is 27.1 Å². The molecule has 0 aromatic carbocycles. The van der Waals surface area contributed by atoms with E-state index in [2.05, 4.69) is 27.4 Å². The number of nitrogens with one attached hydrogen (secondary N) is 2. The van der Waals surface area contributed by atoms with E-state index in [9.17, 15) is 4.79 Å². The van der Waals surface area contributed by atoms with Crippen LogP contribution in [0.3, 0.4) is 0 Å². The molecule has 0 saturated heterocycles. The number of H-pyrrole nitrogens is 1. The van der Waals surface area contributed by atoms with Crippen LogP contribution in [0.15, 0.2) is 0 Å². The van der Waals surface area contributed by atoms with Gasteiger partial charge >= 0.3 is 0 Å². The molecule has 1 aromatic rings. The van der Waals surface area contributed by atoms with Crippen molar-refractivity contribution >= 4 is 5.91 Å². The Balaban J connectivity index is 1.94. The van der Waals surface area contributed by atoms with E-state index < -0.39 is 0 Å². The predicted molar refractivity (Wildman–Crippen MR) is 69.4 cm³/mol. The summed E-state index contributed by atoms with van der Waals surface area (Å²) >= 11 is 0. The van der Waals surface area contributed by atoms with Gasteiger partial charge in [0.05, 0.1) is 0 Å². The van der Waals surface area contributed by atoms with Crippen LogP contribution in [0.4, 0.5) is 0 Å². The number of nitrogens with zero attached hydrogens (tertiary/aromatic N) is 2. The quantitative estimate of drug-likeness (QED) is 0.864. The second kappa shape index (κ2) is 5.50. The topological polar surface area (TPSA) is 70.7 Å². The highest BCUT2D eigenvalue weighted by Crippen LogP contribution is 2.23. The molecule has 1 amide bonds. The van der Waals surface area contributed by atoms with Gasteiger partial charge in [0.25, 0.3) is 5.91 Å². The van der Waals surface area contributed by atoms with Crippen molar-refractivity contribution in [1.82, 2.24) is 20.5 Å². The molecule has 100 valence electrons. The summed E-state index contributed by atoms with van der Waals surface area (Å²) < 4.78 is 0. The van der Waals surface area contributed by atoms with E-state index in [-0.39, 0.29) is 23.7 Å². The van der Waals surface area contributed by atoms with Gasteiger partial charge in [-0.15, -0.1) is 5.10 Å². The fourth-order valence-electron chi connectivity index (χ4n) is 2.45. The lowest BCUT2D eigenvalue weighted by Crippen LogP contribution is -2.38. The van der Waals surface area contributed by atoms with Gasteiger partial charge in [0, 0.05) is 12.0 Å². The molecule has 1 aliphatic rings. The zero-order chi connectivity index (χ0) is 13.1. The van der Waals surface area contributed by atoms with Crippen molar-refractivity contribution in [3.63, 3.8) is 0 Å². The minimum atomic E-state index is -0.155. The van der Waals surface area contributed by atoms with Crippen molar-refractivity contribution in [2.45, 2.75) is 58.4 Å².